The van der Waals surface area contributed by atoms with E-state index in [9.17, 15) is 13.2 Å². The van der Waals surface area contributed by atoms with E-state index in [1.807, 2.05) is 12.1 Å². The summed E-state index contributed by atoms with van der Waals surface area (Å²) in [6.07, 6.45) is -0.461. The van der Waals surface area contributed by atoms with Gasteiger partial charge >= 0.3 is 0 Å². The third-order valence-electron chi connectivity index (χ3n) is 5.68. The Morgan fingerprint density at radius 3 is 2.70 bits per heavy atom. The van der Waals surface area contributed by atoms with E-state index in [2.05, 4.69) is 5.16 Å². The Kier molecular flexibility index (Phi) is 5.69. The summed E-state index contributed by atoms with van der Waals surface area (Å²) in [4.78, 5) is 14.5. The number of nitrogens with zero attached hydrogens (tertiary/aromatic N) is 3. The molecule has 2 aliphatic rings. The van der Waals surface area contributed by atoms with Gasteiger partial charge in [-0.15, -0.1) is 0 Å². The fourth-order valence-corrected chi connectivity index (χ4v) is 5.10. The summed E-state index contributed by atoms with van der Waals surface area (Å²) in [6, 6.07) is 11.6. The molecule has 11 heteroatoms. The molecule has 3 aromatic rings. The van der Waals surface area contributed by atoms with Crippen molar-refractivity contribution in [2.24, 2.45) is 0 Å². The number of ether oxygens (including phenoxy) is 3. The predicted molar refractivity (Wildman–Crippen MR) is 117 cm³/mol. The zero-order valence-corrected chi connectivity index (χ0v) is 18.8. The van der Waals surface area contributed by atoms with Crippen molar-refractivity contribution < 1.29 is 31.9 Å². The van der Waals surface area contributed by atoms with Crippen LogP contribution < -0.4 is 9.47 Å². The Bertz CT molecular complexity index is 1280. The number of carbonyl (C=O) groups is 1. The van der Waals surface area contributed by atoms with Crippen LogP contribution in [0.25, 0.3) is 11.0 Å². The van der Waals surface area contributed by atoms with Gasteiger partial charge in [-0.05, 0) is 30.3 Å². The van der Waals surface area contributed by atoms with Crippen LogP contribution in [0.15, 0.2) is 51.9 Å². The van der Waals surface area contributed by atoms with Gasteiger partial charge in [0.2, 0.25) is 10.0 Å². The van der Waals surface area contributed by atoms with Gasteiger partial charge in [-0.3, -0.25) is 4.79 Å². The standard InChI is InChI=1S/C22H23N3O7S/c1-24(13-15-14-30-19-4-2-3-5-20(19)31-15)33(27,28)16-6-7-18-17(12-16)21(23-32-18)22(26)25-8-10-29-11-9-25/h2-7,12,15H,8-11,13-14H2,1H3/t15-/m0/s1. The number of carbonyl (C=O) groups excluding carboxylic acids is 1. The highest BCUT2D eigenvalue weighted by Crippen LogP contribution is 2.31. The van der Waals surface area contributed by atoms with Crippen LogP contribution in [0.3, 0.4) is 0 Å². The van der Waals surface area contributed by atoms with Gasteiger partial charge in [0.25, 0.3) is 5.91 Å². The zero-order valence-electron chi connectivity index (χ0n) is 18.0. The highest BCUT2D eigenvalue weighted by atomic mass is 32.2. The number of fused-ring (bicyclic) bond motifs is 2. The third-order valence-corrected chi connectivity index (χ3v) is 7.50. The molecule has 1 fully saturated rings. The van der Waals surface area contributed by atoms with E-state index in [1.54, 1.807) is 17.0 Å². The van der Waals surface area contributed by atoms with Crippen molar-refractivity contribution in [3.05, 3.63) is 48.2 Å². The number of amides is 1. The number of sulfonamides is 1. The molecule has 0 N–H and O–H groups in total. The average Bonchev–Trinajstić information content (AvgIpc) is 3.27. The van der Waals surface area contributed by atoms with E-state index in [0.717, 1.165) is 0 Å². The maximum atomic E-state index is 13.3. The van der Waals surface area contributed by atoms with Crippen molar-refractivity contribution in [1.29, 1.82) is 0 Å². The first-order valence-corrected chi connectivity index (χ1v) is 12.0. The molecule has 1 saturated heterocycles. The van der Waals surface area contributed by atoms with Crippen LogP contribution in [0.1, 0.15) is 10.5 Å². The summed E-state index contributed by atoms with van der Waals surface area (Å²) in [5, 5.41) is 4.26. The van der Waals surface area contributed by atoms with Gasteiger partial charge < -0.3 is 23.6 Å². The lowest BCUT2D eigenvalue weighted by atomic mass is 10.2. The minimum atomic E-state index is -3.87. The summed E-state index contributed by atoms with van der Waals surface area (Å²) in [6.45, 7) is 2.12. The van der Waals surface area contributed by atoms with Crippen molar-refractivity contribution >= 4 is 26.9 Å². The Morgan fingerprint density at radius 2 is 1.91 bits per heavy atom. The summed E-state index contributed by atoms with van der Waals surface area (Å²) in [7, 11) is -2.39. The molecule has 1 atom stereocenters. The predicted octanol–water partition coefficient (Wildman–Crippen LogP) is 1.76. The summed E-state index contributed by atoms with van der Waals surface area (Å²) >= 11 is 0. The lowest BCUT2D eigenvalue weighted by molar-refractivity contribution is 0.0297. The number of benzene rings is 2. The smallest absolute Gasteiger partial charge is 0.276 e. The van der Waals surface area contributed by atoms with Crippen LogP contribution in [0.5, 0.6) is 11.5 Å². The number of morpholine rings is 1. The van der Waals surface area contributed by atoms with Crippen LogP contribution in [0.2, 0.25) is 0 Å². The second-order valence-electron chi connectivity index (χ2n) is 7.88. The van der Waals surface area contributed by atoms with Crippen LogP contribution in [-0.2, 0) is 14.8 Å². The Labute approximate surface area is 190 Å². The van der Waals surface area contributed by atoms with Gasteiger partial charge in [-0.1, -0.05) is 17.3 Å². The first-order valence-electron chi connectivity index (χ1n) is 10.5. The Morgan fingerprint density at radius 1 is 1.15 bits per heavy atom. The van der Waals surface area contributed by atoms with Gasteiger partial charge in [0.15, 0.2) is 22.8 Å². The largest absolute Gasteiger partial charge is 0.486 e. The molecule has 2 aromatic carbocycles. The number of hydrogen-bond donors (Lipinski definition) is 0. The number of hydrogen-bond acceptors (Lipinski definition) is 8. The molecule has 0 radical (unpaired) electrons. The first kappa shape index (κ1) is 21.7. The lowest BCUT2D eigenvalue weighted by Crippen LogP contribution is -2.41. The highest BCUT2D eigenvalue weighted by molar-refractivity contribution is 7.89. The van der Waals surface area contributed by atoms with Crippen molar-refractivity contribution in [2.75, 3.05) is 46.5 Å². The molecule has 1 aromatic heterocycles. The quantitative estimate of drug-likeness (QED) is 0.551. The maximum Gasteiger partial charge on any atom is 0.276 e. The Balaban J connectivity index is 1.37. The van der Waals surface area contributed by atoms with Gasteiger partial charge in [0.05, 0.1) is 30.0 Å². The van der Waals surface area contributed by atoms with Crippen LogP contribution in [-0.4, -0.2) is 81.3 Å². The van der Waals surface area contributed by atoms with Crippen LogP contribution in [0, 0.1) is 0 Å². The monoisotopic (exact) mass is 473 g/mol. The van der Waals surface area contributed by atoms with Gasteiger partial charge in [0, 0.05) is 20.1 Å². The topological polar surface area (TPSA) is 111 Å². The molecular weight excluding hydrogens is 450 g/mol. The van der Waals surface area contributed by atoms with Crippen molar-refractivity contribution in [3.63, 3.8) is 0 Å². The minimum absolute atomic E-state index is 0.0360. The van der Waals surface area contributed by atoms with Crippen molar-refractivity contribution in [1.82, 2.24) is 14.4 Å². The molecule has 3 heterocycles. The number of likely N-dealkylation sites (N-methyl/N-ethyl adjacent to an activating group) is 1. The molecular formula is C22H23N3O7S. The van der Waals surface area contributed by atoms with Crippen molar-refractivity contribution in [2.45, 2.75) is 11.0 Å². The van der Waals surface area contributed by atoms with Crippen molar-refractivity contribution in [3.8, 4) is 11.5 Å². The van der Waals surface area contributed by atoms with E-state index in [4.69, 9.17) is 18.7 Å². The van der Waals surface area contributed by atoms with E-state index in [0.29, 0.717) is 48.8 Å². The zero-order chi connectivity index (χ0) is 23.0. The first-order chi connectivity index (χ1) is 15.9. The maximum absolute atomic E-state index is 13.3. The Hall–Kier alpha value is -3.15. The van der Waals surface area contributed by atoms with E-state index >= 15 is 0 Å². The molecule has 5 rings (SSSR count). The fraction of sp³-hybridized carbons (Fsp3) is 0.364. The molecule has 1 amide bonds. The molecule has 2 aliphatic heterocycles. The number of para-hydroxylation sites is 2. The van der Waals surface area contributed by atoms with E-state index < -0.39 is 16.1 Å². The molecule has 0 spiro atoms. The highest BCUT2D eigenvalue weighted by Gasteiger charge is 2.30. The molecule has 0 bridgehead atoms. The molecule has 174 valence electrons. The van der Waals surface area contributed by atoms with Crippen LogP contribution >= 0.6 is 0 Å². The van der Waals surface area contributed by atoms with Gasteiger partial charge in [0.1, 0.15) is 12.7 Å². The average molecular weight is 474 g/mol. The second kappa shape index (κ2) is 8.65. The number of rotatable bonds is 5. The second-order valence-corrected chi connectivity index (χ2v) is 9.92. The minimum Gasteiger partial charge on any atom is -0.486 e. The molecule has 0 unspecified atom stereocenters. The third kappa shape index (κ3) is 4.14. The molecule has 0 aliphatic carbocycles. The summed E-state index contributed by atoms with van der Waals surface area (Å²) in [5.74, 6) is 0.901. The normalized spacial score (nSPS) is 18.6. The molecule has 33 heavy (non-hydrogen) atoms. The summed E-state index contributed by atoms with van der Waals surface area (Å²) < 4.78 is 49.9. The molecule has 10 nitrogen and oxygen atoms in total. The lowest BCUT2D eigenvalue weighted by Gasteiger charge is -2.29. The van der Waals surface area contributed by atoms with E-state index in [-0.39, 0.29) is 29.6 Å². The van der Waals surface area contributed by atoms with Gasteiger partial charge in [-0.2, -0.15) is 4.31 Å². The fourth-order valence-electron chi connectivity index (χ4n) is 3.87. The summed E-state index contributed by atoms with van der Waals surface area (Å²) in [5.41, 5.74) is 0.432. The SMILES string of the molecule is CN(C[C@H]1COc2ccccc2O1)S(=O)(=O)c1ccc2onc(C(=O)N3CCOCC3)c2c1. The van der Waals surface area contributed by atoms with Gasteiger partial charge in [-0.25, -0.2) is 8.42 Å². The van der Waals surface area contributed by atoms with E-state index in [1.165, 1.54) is 29.6 Å². The molecule has 0 saturated carbocycles. The van der Waals surface area contributed by atoms with Crippen LogP contribution in [0.4, 0.5) is 0 Å². The number of aromatic nitrogens is 1.